The average molecular weight is 422 g/mol. The third kappa shape index (κ3) is 5.36. The number of benzene rings is 1. The van der Waals surface area contributed by atoms with E-state index in [-0.39, 0.29) is 11.8 Å². The van der Waals surface area contributed by atoms with Crippen molar-refractivity contribution in [2.24, 2.45) is 5.92 Å². The summed E-state index contributed by atoms with van der Waals surface area (Å²) in [6.45, 7) is 6.60. The van der Waals surface area contributed by atoms with E-state index in [1.807, 2.05) is 38.1 Å². The highest BCUT2D eigenvalue weighted by Crippen LogP contribution is 2.22. The number of amides is 1. The molecule has 1 fully saturated rings. The maximum absolute atomic E-state index is 12.5. The number of aromatic nitrogens is 5. The number of carbonyl (C=O) groups is 1. The quantitative estimate of drug-likeness (QED) is 0.583. The van der Waals surface area contributed by atoms with Gasteiger partial charge in [0.05, 0.1) is 6.54 Å². The first-order valence-electron chi connectivity index (χ1n) is 10.5. The molecule has 162 valence electrons. The number of aryl methyl sites for hydroxylation is 2. The van der Waals surface area contributed by atoms with Gasteiger partial charge in [-0.25, -0.2) is 9.67 Å². The van der Waals surface area contributed by atoms with Crippen LogP contribution >= 0.6 is 0 Å². The van der Waals surface area contributed by atoms with Crippen LogP contribution in [0.15, 0.2) is 43.0 Å². The molecule has 9 nitrogen and oxygen atoms in total. The van der Waals surface area contributed by atoms with Gasteiger partial charge in [0, 0.05) is 19.0 Å². The van der Waals surface area contributed by atoms with Crippen molar-refractivity contribution in [3.63, 3.8) is 0 Å². The van der Waals surface area contributed by atoms with E-state index in [1.165, 1.54) is 17.5 Å². The Labute approximate surface area is 181 Å². The third-order valence-electron chi connectivity index (χ3n) is 5.34. The molecular weight excluding hydrogens is 394 g/mol. The minimum Gasteiger partial charge on any atom is -0.492 e. The van der Waals surface area contributed by atoms with Crippen LogP contribution in [0.3, 0.4) is 0 Å². The first-order chi connectivity index (χ1) is 15.1. The fraction of sp³-hybridized carbons (Fsp3) is 0.409. The smallest absolute Gasteiger partial charge is 0.223 e. The molecule has 0 unspecified atom stereocenters. The van der Waals surface area contributed by atoms with Crippen LogP contribution in [-0.2, 0) is 4.79 Å². The van der Waals surface area contributed by atoms with Gasteiger partial charge in [0.2, 0.25) is 5.91 Å². The number of hydrogen-bond acceptors (Lipinski definition) is 7. The van der Waals surface area contributed by atoms with Gasteiger partial charge in [-0.1, -0.05) is 6.07 Å². The first kappa shape index (κ1) is 20.8. The highest BCUT2D eigenvalue weighted by molar-refractivity contribution is 5.78. The van der Waals surface area contributed by atoms with Crippen LogP contribution < -0.4 is 15.0 Å². The molecule has 0 saturated carbocycles. The van der Waals surface area contributed by atoms with Crippen molar-refractivity contribution in [3.8, 4) is 11.6 Å². The van der Waals surface area contributed by atoms with Crippen molar-refractivity contribution in [3.05, 3.63) is 54.1 Å². The molecule has 0 atom stereocenters. The highest BCUT2D eigenvalue weighted by Gasteiger charge is 2.25. The summed E-state index contributed by atoms with van der Waals surface area (Å²) >= 11 is 0. The second-order valence-corrected chi connectivity index (χ2v) is 7.81. The number of carbonyl (C=O) groups excluding carboxylic acids is 1. The van der Waals surface area contributed by atoms with Crippen molar-refractivity contribution >= 4 is 11.7 Å². The molecule has 2 aromatic heterocycles. The number of piperidine rings is 1. The Bertz CT molecular complexity index is 977. The lowest BCUT2D eigenvalue weighted by Gasteiger charge is -2.31. The van der Waals surface area contributed by atoms with Crippen molar-refractivity contribution in [1.82, 2.24) is 30.3 Å². The first-order valence-corrected chi connectivity index (χ1v) is 10.5. The monoisotopic (exact) mass is 421 g/mol. The molecule has 1 amide bonds. The summed E-state index contributed by atoms with van der Waals surface area (Å²) < 4.78 is 7.34. The lowest BCUT2D eigenvalue weighted by Crippen LogP contribution is -2.41. The predicted molar refractivity (Wildman–Crippen MR) is 116 cm³/mol. The predicted octanol–water partition coefficient (Wildman–Crippen LogP) is 2.09. The summed E-state index contributed by atoms with van der Waals surface area (Å²) in [5.74, 6) is 2.38. The third-order valence-corrected chi connectivity index (χ3v) is 5.34. The fourth-order valence-corrected chi connectivity index (χ4v) is 3.81. The Morgan fingerprint density at radius 3 is 2.45 bits per heavy atom. The van der Waals surface area contributed by atoms with Gasteiger partial charge in [-0.2, -0.15) is 5.10 Å². The van der Waals surface area contributed by atoms with Crippen LogP contribution in [0.25, 0.3) is 5.82 Å². The van der Waals surface area contributed by atoms with Crippen molar-refractivity contribution < 1.29 is 9.53 Å². The lowest BCUT2D eigenvalue weighted by atomic mass is 9.96. The van der Waals surface area contributed by atoms with Crippen molar-refractivity contribution in [2.75, 3.05) is 31.1 Å². The molecular formula is C22H27N7O2. The number of rotatable bonds is 7. The molecule has 4 rings (SSSR count). The van der Waals surface area contributed by atoms with E-state index >= 15 is 0 Å². The molecule has 0 bridgehead atoms. The van der Waals surface area contributed by atoms with Crippen molar-refractivity contribution in [2.45, 2.75) is 26.7 Å². The molecule has 0 spiro atoms. The molecule has 3 aromatic rings. The number of hydrogen-bond donors (Lipinski definition) is 1. The number of ether oxygens (including phenoxy) is 1. The molecule has 9 heteroatoms. The van der Waals surface area contributed by atoms with E-state index in [9.17, 15) is 4.79 Å². The zero-order chi connectivity index (χ0) is 21.6. The molecule has 1 aliphatic heterocycles. The van der Waals surface area contributed by atoms with Crippen LogP contribution in [0.4, 0.5) is 5.82 Å². The topological polar surface area (TPSA) is 98.1 Å². The van der Waals surface area contributed by atoms with Crippen LogP contribution in [0, 0.1) is 19.8 Å². The molecule has 0 aliphatic carbocycles. The SMILES string of the molecule is Cc1cc(C)cc(OCCNC(=O)C2CCN(c3ccc(-n4cncn4)nn3)CC2)c1. The maximum Gasteiger partial charge on any atom is 0.223 e. The van der Waals surface area contributed by atoms with Crippen LogP contribution in [0.1, 0.15) is 24.0 Å². The van der Waals surface area contributed by atoms with Gasteiger partial charge in [0.1, 0.15) is 25.0 Å². The van der Waals surface area contributed by atoms with Crippen LogP contribution in [-0.4, -0.2) is 57.1 Å². The summed E-state index contributed by atoms with van der Waals surface area (Å²) in [4.78, 5) is 18.6. The average Bonchev–Trinajstić information content (AvgIpc) is 3.31. The van der Waals surface area contributed by atoms with E-state index in [1.54, 1.807) is 11.0 Å². The Morgan fingerprint density at radius 1 is 1.10 bits per heavy atom. The molecule has 1 aliphatic rings. The lowest BCUT2D eigenvalue weighted by molar-refractivity contribution is -0.125. The number of nitrogens with one attached hydrogen (secondary N) is 1. The van der Waals surface area contributed by atoms with Crippen LogP contribution in [0.5, 0.6) is 5.75 Å². The van der Waals surface area contributed by atoms with E-state index in [2.05, 4.69) is 36.6 Å². The fourth-order valence-electron chi connectivity index (χ4n) is 3.81. The van der Waals surface area contributed by atoms with Gasteiger partial charge in [0.25, 0.3) is 0 Å². The Kier molecular flexibility index (Phi) is 6.40. The summed E-state index contributed by atoms with van der Waals surface area (Å²) in [5, 5.41) is 15.6. The second kappa shape index (κ2) is 9.55. The minimum atomic E-state index is 0.0137. The minimum absolute atomic E-state index is 0.0137. The van der Waals surface area contributed by atoms with Crippen molar-refractivity contribution in [1.29, 1.82) is 0 Å². The van der Waals surface area contributed by atoms with Gasteiger partial charge in [0.15, 0.2) is 11.6 Å². The standard InChI is InChI=1S/C22H27N7O2/c1-16-11-17(2)13-19(12-16)31-10-7-24-22(30)18-5-8-28(9-6-18)20-3-4-21(27-26-20)29-15-23-14-25-29/h3-4,11-15,18H,5-10H2,1-2H3,(H,24,30). The van der Waals surface area contributed by atoms with Gasteiger partial charge in [-0.05, 0) is 62.1 Å². The normalized spacial score (nSPS) is 14.5. The molecule has 31 heavy (non-hydrogen) atoms. The van der Waals surface area contributed by atoms with Gasteiger partial charge in [-0.3, -0.25) is 4.79 Å². The summed E-state index contributed by atoms with van der Waals surface area (Å²) in [6, 6.07) is 9.91. The molecule has 3 heterocycles. The Morgan fingerprint density at radius 2 is 1.81 bits per heavy atom. The highest BCUT2D eigenvalue weighted by atomic mass is 16.5. The van der Waals surface area contributed by atoms with E-state index in [4.69, 9.17) is 4.74 Å². The molecule has 1 aromatic carbocycles. The summed E-state index contributed by atoms with van der Waals surface area (Å²) in [7, 11) is 0. The number of anilines is 1. The van der Waals surface area contributed by atoms with E-state index in [0.717, 1.165) is 37.5 Å². The second-order valence-electron chi connectivity index (χ2n) is 7.81. The number of nitrogens with zero attached hydrogens (tertiary/aromatic N) is 6. The molecule has 0 radical (unpaired) electrons. The Balaban J connectivity index is 1.20. The van der Waals surface area contributed by atoms with E-state index < -0.39 is 0 Å². The zero-order valence-electron chi connectivity index (χ0n) is 17.9. The zero-order valence-corrected chi connectivity index (χ0v) is 17.9. The largest absolute Gasteiger partial charge is 0.492 e. The summed E-state index contributed by atoms with van der Waals surface area (Å²) in [6.07, 6.45) is 4.62. The summed E-state index contributed by atoms with van der Waals surface area (Å²) in [5.41, 5.74) is 2.34. The maximum atomic E-state index is 12.5. The van der Waals surface area contributed by atoms with Gasteiger partial charge < -0.3 is 15.0 Å². The van der Waals surface area contributed by atoms with Gasteiger partial charge >= 0.3 is 0 Å². The van der Waals surface area contributed by atoms with Crippen LogP contribution in [0.2, 0.25) is 0 Å². The molecule has 1 saturated heterocycles. The van der Waals surface area contributed by atoms with E-state index in [0.29, 0.717) is 19.0 Å². The van der Waals surface area contributed by atoms with Gasteiger partial charge in [-0.15, -0.1) is 10.2 Å². The molecule has 1 N–H and O–H groups in total. The Hall–Kier alpha value is -3.49.